The Labute approximate surface area is 677 Å². The molecule has 21 aromatic rings. The van der Waals surface area contributed by atoms with Crippen LogP contribution in [-0.2, 0) is 0 Å². The zero-order valence-electron chi connectivity index (χ0n) is 63.0. The number of hydrogen-bond donors (Lipinski definition) is 0. The average Bonchev–Trinajstić information content (AvgIpc) is 1.55. The number of aromatic nitrogens is 15. The molecule has 14 aromatic carbocycles. The Kier molecular flexibility index (Phi) is 17.5. The van der Waals surface area contributed by atoms with Gasteiger partial charge >= 0.3 is 0 Å². The third-order valence-electron chi connectivity index (χ3n) is 21.2. The Bertz CT molecular complexity index is 6460. The van der Waals surface area contributed by atoms with Crippen LogP contribution < -0.4 is 0 Å². The van der Waals surface area contributed by atoms with E-state index in [1.54, 1.807) is 0 Å². The van der Waals surface area contributed by atoms with Gasteiger partial charge in [-0.1, -0.05) is 279 Å². The molecule has 0 bridgehead atoms. The minimum atomic E-state index is 0.367. The average molecular weight is 1510 g/mol. The standard InChI is InChI=1S/C102H62N16/c103-63-82-89(117-85-53-49-73(99-109-91(65-31-12-2-13-32-65)105-92(110-99)66-33-14-3-15-34-66)57-78(85)79-58-74(50-54-86(79)117)100-111-93(67-35-16-4-17-36-67)106-94(112-100)68-37-18-5-19-38-68)61-77(84-48-28-47-83(104-84)64-29-10-1-11-30-64)62-90(82)118-87-55-51-75(101-113-95(69-39-20-6-21-40-69)107-96(114-101)70-41-22-7-23-42-70)59-80(87)81-60-76(52-56-88(81)118)102-115-97(71-43-24-8-25-44-71)108-98(116-102)72-45-26-9-27-46-72/h1-62H. The van der Waals surface area contributed by atoms with Gasteiger partial charge in [0.05, 0.1) is 44.8 Å². The first-order chi connectivity index (χ1) is 58.4. The lowest BCUT2D eigenvalue weighted by molar-refractivity contribution is 1.07. The van der Waals surface area contributed by atoms with E-state index < -0.39 is 0 Å². The molecule has 0 unspecified atom stereocenters. The quantitative estimate of drug-likeness (QED) is 0.0884. The van der Waals surface area contributed by atoms with Crippen molar-refractivity contribution < 1.29 is 0 Å². The molecule has 0 aliphatic carbocycles. The van der Waals surface area contributed by atoms with Crippen molar-refractivity contribution >= 4 is 43.6 Å². The molecule has 0 N–H and O–H groups in total. The second-order valence-electron chi connectivity index (χ2n) is 28.5. The summed E-state index contributed by atoms with van der Waals surface area (Å²) < 4.78 is 4.41. The highest BCUT2D eigenvalue weighted by Crippen LogP contribution is 2.45. The fraction of sp³-hybridized carbons (Fsp3) is 0. The Morgan fingerprint density at radius 3 is 0.576 bits per heavy atom. The zero-order valence-corrected chi connectivity index (χ0v) is 63.0. The second kappa shape index (κ2) is 29.8. The van der Waals surface area contributed by atoms with E-state index in [4.69, 9.17) is 64.8 Å². The summed E-state index contributed by atoms with van der Waals surface area (Å²) in [5.74, 6) is 6.10. The SMILES string of the molecule is N#Cc1c(-n2c3ccc(-c4nc(-c5ccccc5)nc(-c5ccccc5)n4)cc3c3cc(-c4nc(-c5ccccc5)nc(-c5ccccc5)n4)ccc32)cc(-c2cccc(-c3ccccc3)n2)cc1-n1c2ccc(-c3nc(-c4ccccc4)nc(-c4ccccc4)n3)cc2c2cc(-c3nc(-c4ccccc4)nc(-c4ccccc4)n3)ccc21. The predicted molar refractivity (Wildman–Crippen MR) is 467 cm³/mol. The van der Waals surface area contributed by atoms with Gasteiger partial charge in [0.15, 0.2) is 69.9 Å². The molecule has 0 radical (unpaired) electrons. The third kappa shape index (κ3) is 13.1. The summed E-state index contributed by atoms with van der Waals surface area (Å²) in [5.41, 5.74) is 17.5. The van der Waals surface area contributed by atoms with Crippen molar-refractivity contribution in [2.24, 2.45) is 0 Å². The van der Waals surface area contributed by atoms with E-state index in [9.17, 15) is 5.26 Å². The van der Waals surface area contributed by atoms with Gasteiger partial charge in [-0.3, -0.25) is 0 Å². The molecular weight excluding hydrogens is 1450 g/mol. The molecule has 118 heavy (non-hydrogen) atoms. The fourth-order valence-electron chi connectivity index (χ4n) is 15.5. The van der Waals surface area contributed by atoms with Crippen LogP contribution in [0.1, 0.15) is 5.56 Å². The Morgan fingerprint density at radius 2 is 0.364 bits per heavy atom. The molecule has 0 fully saturated rings. The van der Waals surface area contributed by atoms with Crippen molar-refractivity contribution in [1.29, 1.82) is 5.26 Å². The number of fused-ring (bicyclic) bond motifs is 6. The maximum atomic E-state index is 12.7. The number of benzene rings is 14. The minimum Gasteiger partial charge on any atom is -0.308 e. The van der Waals surface area contributed by atoms with E-state index in [0.717, 1.165) is 127 Å². The number of rotatable bonds is 16. The summed E-state index contributed by atoms with van der Waals surface area (Å²) in [5, 5.41) is 16.0. The van der Waals surface area contributed by atoms with E-state index in [1.165, 1.54) is 0 Å². The first kappa shape index (κ1) is 69.3. The van der Waals surface area contributed by atoms with Crippen LogP contribution in [0.3, 0.4) is 0 Å². The van der Waals surface area contributed by atoms with Gasteiger partial charge < -0.3 is 9.13 Å². The maximum Gasteiger partial charge on any atom is 0.164 e. The molecular formula is C102H62N16. The van der Waals surface area contributed by atoms with Crippen molar-refractivity contribution in [3.8, 4) is 177 Å². The van der Waals surface area contributed by atoms with Gasteiger partial charge in [0, 0.05) is 99.4 Å². The molecule has 0 aliphatic rings. The first-order valence-corrected chi connectivity index (χ1v) is 38.7. The van der Waals surface area contributed by atoms with Gasteiger partial charge in [-0.15, -0.1) is 0 Å². The van der Waals surface area contributed by atoms with Crippen molar-refractivity contribution in [3.05, 3.63) is 382 Å². The van der Waals surface area contributed by atoms with Crippen molar-refractivity contribution in [1.82, 2.24) is 73.9 Å². The molecule has 550 valence electrons. The van der Waals surface area contributed by atoms with E-state index >= 15 is 0 Å². The number of hydrogen-bond acceptors (Lipinski definition) is 14. The smallest absolute Gasteiger partial charge is 0.164 e. The molecule has 0 amide bonds. The molecule has 0 aliphatic heterocycles. The van der Waals surface area contributed by atoms with Crippen LogP contribution in [0.4, 0.5) is 0 Å². The summed E-state index contributed by atoms with van der Waals surface area (Å²) in [4.78, 5) is 68.0. The normalized spacial score (nSPS) is 11.4. The fourth-order valence-corrected chi connectivity index (χ4v) is 15.5. The third-order valence-corrected chi connectivity index (χ3v) is 21.2. The summed E-state index contributed by atoms with van der Waals surface area (Å²) >= 11 is 0. The zero-order chi connectivity index (χ0) is 78.4. The topological polar surface area (TPSA) is 201 Å². The molecule has 21 rings (SSSR count). The summed E-state index contributed by atoms with van der Waals surface area (Å²) in [7, 11) is 0. The van der Waals surface area contributed by atoms with Gasteiger partial charge in [-0.05, 0) is 97.1 Å². The van der Waals surface area contributed by atoms with Crippen LogP contribution in [0.25, 0.3) is 214 Å². The second-order valence-corrected chi connectivity index (χ2v) is 28.5. The summed E-state index contributed by atoms with van der Waals surface area (Å²) in [6.45, 7) is 0. The summed E-state index contributed by atoms with van der Waals surface area (Å²) in [6, 6.07) is 128. The van der Waals surface area contributed by atoms with Crippen molar-refractivity contribution in [3.63, 3.8) is 0 Å². The minimum absolute atomic E-state index is 0.367. The number of pyridine rings is 1. The lowest BCUT2D eigenvalue weighted by Gasteiger charge is -2.18. The van der Waals surface area contributed by atoms with Gasteiger partial charge in [-0.2, -0.15) is 5.26 Å². The number of nitriles is 1. The van der Waals surface area contributed by atoms with Gasteiger partial charge in [0.1, 0.15) is 11.6 Å². The Balaban J connectivity index is 0.840. The van der Waals surface area contributed by atoms with Crippen LogP contribution in [-0.4, -0.2) is 73.9 Å². The predicted octanol–water partition coefficient (Wildman–Crippen LogP) is 23.2. The van der Waals surface area contributed by atoms with Crippen molar-refractivity contribution in [2.75, 3.05) is 0 Å². The molecule has 0 atom stereocenters. The molecule has 0 spiro atoms. The van der Waals surface area contributed by atoms with Crippen LogP contribution >= 0.6 is 0 Å². The molecule has 7 heterocycles. The Hall–Kier alpha value is -16.6. The monoisotopic (exact) mass is 1510 g/mol. The highest BCUT2D eigenvalue weighted by molar-refractivity contribution is 6.14. The van der Waals surface area contributed by atoms with E-state index in [-0.39, 0.29) is 0 Å². The van der Waals surface area contributed by atoms with E-state index in [0.29, 0.717) is 92.5 Å². The van der Waals surface area contributed by atoms with E-state index in [1.807, 2.05) is 279 Å². The first-order valence-electron chi connectivity index (χ1n) is 38.7. The van der Waals surface area contributed by atoms with Gasteiger partial charge in [-0.25, -0.2) is 64.8 Å². The highest BCUT2D eigenvalue weighted by atomic mass is 15.1. The lowest BCUT2D eigenvalue weighted by atomic mass is 10.0. The molecule has 7 aromatic heterocycles. The van der Waals surface area contributed by atoms with Gasteiger partial charge in [0.2, 0.25) is 0 Å². The summed E-state index contributed by atoms with van der Waals surface area (Å²) in [6.07, 6.45) is 0. The maximum absolute atomic E-state index is 12.7. The molecule has 0 saturated heterocycles. The molecule has 16 heteroatoms. The van der Waals surface area contributed by atoms with Crippen LogP contribution in [0.5, 0.6) is 0 Å². The number of nitrogens with zero attached hydrogens (tertiary/aromatic N) is 16. The van der Waals surface area contributed by atoms with Crippen LogP contribution in [0.15, 0.2) is 376 Å². The lowest BCUT2D eigenvalue weighted by Crippen LogP contribution is -2.06. The van der Waals surface area contributed by atoms with Crippen molar-refractivity contribution in [2.45, 2.75) is 0 Å². The van der Waals surface area contributed by atoms with Gasteiger partial charge in [0.25, 0.3) is 0 Å². The highest BCUT2D eigenvalue weighted by Gasteiger charge is 2.27. The van der Waals surface area contributed by atoms with E-state index in [2.05, 4.69) is 112 Å². The van der Waals surface area contributed by atoms with Crippen LogP contribution in [0, 0.1) is 11.3 Å². The Morgan fingerprint density at radius 1 is 0.169 bits per heavy atom. The van der Waals surface area contributed by atoms with Crippen LogP contribution in [0.2, 0.25) is 0 Å². The largest absolute Gasteiger partial charge is 0.308 e. The molecule has 0 saturated carbocycles. The molecule has 16 nitrogen and oxygen atoms in total.